The van der Waals surface area contributed by atoms with Crippen molar-refractivity contribution in [2.75, 3.05) is 7.11 Å². The summed E-state index contributed by atoms with van der Waals surface area (Å²) in [6.45, 7) is 1.90. The first-order valence-corrected chi connectivity index (χ1v) is 8.82. The molecule has 7 heteroatoms. The molecule has 0 fully saturated rings. The lowest BCUT2D eigenvalue weighted by molar-refractivity contribution is 0.415. The van der Waals surface area contributed by atoms with Gasteiger partial charge in [0.25, 0.3) is 0 Å². The number of thiazole rings is 1. The summed E-state index contributed by atoms with van der Waals surface area (Å²) in [5, 5.41) is 11.2. The fourth-order valence-electron chi connectivity index (χ4n) is 2.66. The van der Waals surface area contributed by atoms with Gasteiger partial charge in [0.15, 0.2) is 0 Å². The standard InChI is InChI=1S/C19H15FN4OS/c1-12-18(22-23-24(12)15-5-3-4-14(20)10-15)19-21-17(11-26-19)13-6-8-16(25-2)9-7-13/h3-11H,1-2H3. The molecule has 4 rings (SSSR count). The van der Waals surface area contributed by atoms with E-state index in [0.717, 1.165) is 27.7 Å². The first-order chi connectivity index (χ1) is 12.7. The van der Waals surface area contributed by atoms with Gasteiger partial charge in [-0.05, 0) is 49.4 Å². The number of rotatable bonds is 4. The van der Waals surface area contributed by atoms with Gasteiger partial charge in [-0.15, -0.1) is 16.4 Å². The molecule has 130 valence electrons. The Kier molecular flexibility index (Phi) is 4.22. The Morgan fingerprint density at radius 1 is 1.12 bits per heavy atom. The minimum absolute atomic E-state index is 0.310. The lowest BCUT2D eigenvalue weighted by Gasteiger charge is -2.03. The van der Waals surface area contributed by atoms with Gasteiger partial charge < -0.3 is 4.74 Å². The first-order valence-electron chi connectivity index (χ1n) is 7.94. The van der Waals surface area contributed by atoms with Crippen LogP contribution in [0, 0.1) is 12.7 Å². The summed E-state index contributed by atoms with van der Waals surface area (Å²) in [6.07, 6.45) is 0. The molecule has 2 aromatic heterocycles. The molecular formula is C19H15FN4OS. The van der Waals surface area contributed by atoms with Crippen molar-refractivity contribution in [2.45, 2.75) is 6.92 Å². The van der Waals surface area contributed by atoms with Crippen LogP contribution in [0.5, 0.6) is 5.75 Å². The smallest absolute Gasteiger partial charge is 0.146 e. The number of ether oxygens (including phenoxy) is 1. The predicted molar refractivity (Wildman–Crippen MR) is 99.2 cm³/mol. The van der Waals surface area contributed by atoms with Crippen LogP contribution in [0.4, 0.5) is 4.39 Å². The van der Waals surface area contributed by atoms with Crippen molar-refractivity contribution < 1.29 is 9.13 Å². The summed E-state index contributed by atoms with van der Waals surface area (Å²) in [5.41, 5.74) is 4.01. The SMILES string of the molecule is COc1ccc(-c2csc(-c3nnn(-c4cccc(F)c4)c3C)n2)cc1. The average Bonchev–Trinajstić information content (AvgIpc) is 3.28. The number of halogens is 1. The van der Waals surface area contributed by atoms with Gasteiger partial charge in [-0.2, -0.15) is 0 Å². The zero-order chi connectivity index (χ0) is 18.1. The van der Waals surface area contributed by atoms with E-state index in [2.05, 4.69) is 15.3 Å². The molecule has 0 spiro atoms. The van der Waals surface area contributed by atoms with Crippen LogP contribution in [0.1, 0.15) is 5.69 Å². The largest absolute Gasteiger partial charge is 0.497 e. The van der Waals surface area contributed by atoms with Gasteiger partial charge in [0.1, 0.15) is 22.3 Å². The second-order valence-electron chi connectivity index (χ2n) is 5.68. The van der Waals surface area contributed by atoms with Gasteiger partial charge in [0.05, 0.1) is 24.2 Å². The van der Waals surface area contributed by atoms with Gasteiger partial charge in [0.2, 0.25) is 0 Å². The van der Waals surface area contributed by atoms with Crippen molar-refractivity contribution in [1.29, 1.82) is 0 Å². The van der Waals surface area contributed by atoms with E-state index in [0.29, 0.717) is 11.4 Å². The van der Waals surface area contributed by atoms with Crippen LogP contribution in [0.15, 0.2) is 53.9 Å². The number of methoxy groups -OCH3 is 1. The summed E-state index contributed by atoms with van der Waals surface area (Å²) in [4.78, 5) is 4.68. The Hall–Kier alpha value is -3.06. The van der Waals surface area contributed by atoms with Gasteiger partial charge in [-0.1, -0.05) is 11.3 Å². The Morgan fingerprint density at radius 2 is 1.92 bits per heavy atom. The maximum atomic E-state index is 13.5. The summed E-state index contributed by atoms with van der Waals surface area (Å²) < 4.78 is 20.3. The van der Waals surface area contributed by atoms with E-state index in [1.165, 1.54) is 23.5 Å². The fraction of sp³-hybridized carbons (Fsp3) is 0.105. The molecule has 0 radical (unpaired) electrons. The molecule has 0 N–H and O–H groups in total. The molecular weight excluding hydrogens is 351 g/mol. The highest BCUT2D eigenvalue weighted by Crippen LogP contribution is 2.30. The molecule has 0 amide bonds. The van der Waals surface area contributed by atoms with Crippen LogP contribution in [-0.2, 0) is 0 Å². The summed E-state index contributed by atoms with van der Waals surface area (Å²) in [7, 11) is 1.64. The van der Waals surface area contributed by atoms with Crippen LogP contribution in [-0.4, -0.2) is 27.1 Å². The van der Waals surface area contributed by atoms with E-state index in [1.807, 2.05) is 36.6 Å². The molecule has 4 aromatic rings. The minimum Gasteiger partial charge on any atom is -0.497 e. The highest BCUT2D eigenvalue weighted by atomic mass is 32.1. The highest BCUT2D eigenvalue weighted by Gasteiger charge is 2.16. The molecule has 0 unspecified atom stereocenters. The number of hydrogen-bond donors (Lipinski definition) is 0. The monoisotopic (exact) mass is 366 g/mol. The Balaban J connectivity index is 1.68. The molecule has 0 atom stereocenters. The number of hydrogen-bond acceptors (Lipinski definition) is 5. The first kappa shape index (κ1) is 16.4. The van der Waals surface area contributed by atoms with Crippen molar-refractivity contribution in [2.24, 2.45) is 0 Å². The third-order valence-corrected chi connectivity index (χ3v) is 4.89. The quantitative estimate of drug-likeness (QED) is 0.533. The maximum Gasteiger partial charge on any atom is 0.146 e. The van der Waals surface area contributed by atoms with Crippen LogP contribution in [0.2, 0.25) is 0 Å². The zero-order valence-electron chi connectivity index (χ0n) is 14.2. The second-order valence-corrected chi connectivity index (χ2v) is 6.54. The van der Waals surface area contributed by atoms with E-state index in [1.54, 1.807) is 23.9 Å². The van der Waals surface area contributed by atoms with E-state index in [-0.39, 0.29) is 5.82 Å². The Labute approximate surface area is 153 Å². The van der Waals surface area contributed by atoms with Crippen LogP contribution < -0.4 is 4.74 Å². The number of benzene rings is 2. The van der Waals surface area contributed by atoms with Gasteiger partial charge >= 0.3 is 0 Å². The summed E-state index contributed by atoms with van der Waals surface area (Å²) in [5.74, 6) is 0.494. The normalized spacial score (nSPS) is 10.9. The zero-order valence-corrected chi connectivity index (χ0v) is 15.0. The van der Waals surface area contributed by atoms with Crippen molar-refractivity contribution in [1.82, 2.24) is 20.0 Å². The van der Waals surface area contributed by atoms with Crippen LogP contribution in [0.25, 0.3) is 27.6 Å². The summed E-state index contributed by atoms with van der Waals surface area (Å²) in [6, 6.07) is 14.0. The third-order valence-electron chi connectivity index (χ3n) is 4.04. The molecule has 0 aliphatic rings. The average molecular weight is 366 g/mol. The van der Waals surface area contributed by atoms with E-state index in [9.17, 15) is 4.39 Å². The fourth-order valence-corrected chi connectivity index (χ4v) is 3.52. The van der Waals surface area contributed by atoms with Gasteiger partial charge in [-0.25, -0.2) is 14.1 Å². The molecule has 26 heavy (non-hydrogen) atoms. The molecule has 0 bridgehead atoms. The predicted octanol–water partition coefficient (Wildman–Crippen LogP) is 4.51. The lowest BCUT2D eigenvalue weighted by atomic mass is 10.2. The topological polar surface area (TPSA) is 52.8 Å². The summed E-state index contributed by atoms with van der Waals surface area (Å²) >= 11 is 1.50. The van der Waals surface area contributed by atoms with E-state index in [4.69, 9.17) is 4.74 Å². The highest BCUT2D eigenvalue weighted by molar-refractivity contribution is 7.13. The lowest BCUT2D eigenvalue weighted by Crippen LogP contribution is -1.99. The van der Waals surface area contributed by atoms with Crippen molar-refractivity contribution in [3.8, 4) is 33.4 Å². The molecule has 0 aliphatic carbocycles. The minimum atomic E-state index is -0.310. The second kappa shape index (κ2) is 6.68. The van der Waals surface area contributed by atoms with Crippen LogP contribution in [0.3, 0.4) is 0 Å². The van der Waals surface area contributed by atoms with E-state index < -0.39 is 0 Å². The maximum absolute atomic E-state index is 13.5. The molecule has 2 heterocycles. The molecule has 2 aromatic carbocycles. The Morgan fingerprint density at radius 3 is 2.65 bits per heavy atom. The number of aromatic nitrogens is 4. The molecule has 0 saturated heterocycles. The van der Waals surface area contributed by atoms with E-state index >= 15 is 0 Å². The molecule has 0 aliphatic heterocycles. The van der Waals surface area contributed by atoms with Gasteiger partial charge in [-0.3, -0.25) is 0 Å². The Bertz CT molecular complexity index is 1060. The van der Waals surface area contributed by atoms with Crippen molar-refractivity contribution >= 4 is 11.3 Å². The van der Waals surface area contributed by atoms with Gasteiger partial charge in [0, 0.05) is 10.9 Å². The third kappa shape index (κ3) is 2.97. The molecule has 0 saturated carbocycles. The molecule has 5 nitrogen and oxygen atoms in total. The number of nitrogens with zero attached hydrogens (tertiary/aromatic N) is 4. The van der Waals surface area contributed by atoms with Crippen molar-refractivity contribution in [3.63, 3.8) is 0 Å². The van der Waals surface area contributed by atoms with Crippen LogP contribution >= 0.6 is 11.3 Å². The van der Waals surface area contributed by atoms with Crippen molar-refractivity contribution in [3.05, 3.63) is 65.4 Å².